The summed E-state index contributed by atoms with van der Waals surface area (Å²) < 4.78 is 1.92. The van der Waals surface area contributed by atoms with Gasteiger partial charge in [-0.2, -0.15) is 5.10 Å². The van der Waals surface area contributed by atoms with E-state index < -0.39 is 0 Å². The maximum atomic E-state index is 12.7. The summed E-state index contributed by atoms with van der Waals surface area (Å²) in [6.45, 7) is 6.77. The number of fused-ring (bicyclic) bond motifs is 2. The largest absolute Gasteiger partial charge is 0.397 e. The molecule has 5 nitrogen and oxygen atoms in total. The summed E-state index contributed by atoms with van der Waals surface area (Å²) in [5.41, 5.74) is 9.12. The number of Topliss-reactive ketones (excluding diaryl/α,β-unsaturated/α-hetero) is 1. The molecule has 0 radical (unpaired) electrons. The van der Waals surface area contributed by atoms with Gasteiger partial charge >= 0.3 is 0 Å². The van der Waals surface area contributed by atoms with Gasteiger partial charge in [0.15, 0.2) is 11.4 Å². The van der Waals surface area contributed by atoms with Crippen LogP contribution in [0.5, 0.6) is 0 Å². The number of anilines is 1. The Kier molecular flexibility index (Phi) is 4.46. The van der Waals surface area contributed by atoms with Crippen molar-refractivity contribution in [3.05, 3.63) is 30.1 Å². The molecule has 0 amide bonds. The minimum absolute atomic E-state index is 0.0128. The smallest absolute Gasteiger partial charge is 0.170 e. The molecule has 2 aromatic rings. The molecule has 1 aliphatic carbocycles. The Morgan fingerprint density at radius 2 is 2.30 bits per heavy atom. The number of aryl methyl sites for hydroxylation is 2. The van der Waals surface area contributed by atoms with Gasteiger partial charge < -0.3 is 5.73 Å². The zero-order valence-corrected chi connectivity index (χ0v) is 13.7. The summed E-state index contributed by atoms with van der Waals surface area (Å²) >= 11 is 0. The summed E-state index contributed by atoms with van der Waals surface area (Å²) in [5, 5.41) is 5.23. The first-order valence-corrected chi connectivity index (χ1v) is 8.46. The van der Waals surface area contributed by atoms with E-state index in [-0.39, 0.29) is 11.7 Å². The molecule has 2 N–H and O–H groups in total. The number of carbonyl (C=O) groups excluding carboxylic acids is 1. The molecule has 1 atom stereocenters. The highest BCUT2D eigenvalue weighted by molar-refractivity contribution is 6.09. The Morgan fingerprint density at radius 1 is 1.48 bits per heavy atom. The average Bonchev–Trinajstić information content (AvgIpc) is 2.94. The van der Waals surface area contributed by atoms with Crippen molar-refractivity contribution >= 4 is 22.5 Å². The molecule has 0 saturated carbocycles. The SMILES string of the molecule is C=CCC1CCc2nc3c(cnn3CCCCC)c(N)c2C1=O. The van der Waals surface area contributed by atoms with Gasteiger partial charge in [0.25, 0.3) is 0 Å². The summed E-state index contributed by atoms with van der Waals surface area (Å²) in [4.78, 5) is 17.4. The van der Waals surface area contributed by atoms with Crippen LogP contribution in [0.2, 0.25) is 0 Å². The van der Waals surface area contributed by atoms with Crippen LogP contribution in [0, 0.1) is 5.92 Å². The minimum Gasteiger partial charge on any atom is -0.397 e. The van der Waals surface area contributed by atoms with E-state index in [1.165, 1.54) is 12.8 Å². The highest BCUT2D eigenvalue weighted by atomic mass is 16.1. The first kappa shape index (κ1) is 15.7. The number of rotatable bonds is 6. The van der Waals surface area contributed by atoms with Gasteiger partial charge in [0.2, 0.25) is 0 Å². The van der Waals surface area contributed by atoms with Crippen molar-refractivity contribution in [3.63, 3.8) is 0 Å². The number of nitrogens with zero attached hydrogens (tertiary/aromatic N) is 3. The van der Waals surface area contributed by atoms with Crippen LogP contribution in [-0.2, 0) is 13.0 Å². The lowest BCUT2D eigenvalue weighted by Gasteiger charge is -2.23. The van der Waals surface area contributed by atoms with Crippen LogP contribution in [0.4, 0.5) is 5.69 Å². The lowest BCUT2D eigenvalue weighted by molar-refractivity contribution is 0.0903. The molecule has 3 rings (SSSR count). The predicted molar refractivity (Wildman–Crippen MR) is 92.4 cm³/mol. The van der Waals surface area contributed by atoms with E-state index in [9.17, 15) is 4.79 Å². The van der Waals surface area contributed by atoms with E-state index in [4.69, 9.17) is 10.7 Å². The number of nitrogen functional groups attached to an aromatic ring is 1. The fraction of sp³-hybridized carbons (Fsp3) is 0.500. The molecule has 0 bridgehead atoms. The molecule has 23 heavy (non-hydrogen) atoms. The third kappa shape index (κ3) is 2.76. The Labute approximate surface area is 136 Å². The lowest BCUT2D eigenvalue weighted by atomic mass is 9.82. The number of aromatic nitrogens is 3. The third-order valence-corrected chi connectivity index (χ3v) is 4.67. The topological polar surface area (TPSA) is 73.8 Å². The van der Waals surface area contributed by atoms with Gasteiger partial charge in [0, 0.05) is 12.5 Å². The van der Waals surface area contributed by atoms with Crippen LogP contribution in [0.15, 0.2) is 18.9 Å². The summed E-state index contributed by atoms with van der Waals surface area (Å²) in [6.07, 6.45) is 9.28. The van der Waals surface area contributed by atoms with Crippen molar-refractivity contribution in [2.75, 3.05) is 5.73 Å². The highest BCUT2D eigenvalue weighted by Gasteiger charge is 2.31. The van der Waals surface area contributed by atoms with Crippen molar-refractivity contribution in [2.24, 2.45) is 5.92 Å². The van der Waals surface area contributed by atoms with E-state index >= 15 is 0 Å². The van der Waals surface area contributed by atoms with E-state index in [0.717, 1.165) is 42.5 Å². The molecule has 0 aliphatic heterocycles. The maximum absolute atomic E-state index is 12.7. The molecule has 2 heterocycles. The average molecular weight is 312 g/mol. The molecule has 2 aromatic heterocycles. The quantitative estimate of drug-likeness (QED) is 0.654. The standard InChI is InChI=1S/C18H24N4O/c1-3-5-6-10-22-18-13(11-20-22)16(19)15-14(21-18)9-8-12(7-4-2)17(15)23/h4,11-12H,2-3,5-10H2,1H3,(H2,19,21). The zero-order chi connectivity index (χ0) is 16.4. The van der Waals surface area contributed by atoms with Crippen molar-refractivity contribution in [1.29, 1.82) is 0 Å². The van der Waals surface area contributed by atoms with Gasteiger partial charge in [-0.15, -0.1) is 6.58 Å². The van der Waals surface area contributed by atoms with Gasteiger partial charge in [-0.25, -0.2) is 9.67 Å². The van der Waals surface area contributed by atoms with Gasteiger partial charge in [0.1, 0.15) is 0 Å². The minimum atomic E-state index is -0.0128. The predicted octanol–water partition coefficient (Wildman–Crippen LogP) is 3.52. The Bertz CT molecular complexity index is 747. The summed E-state index contributed by atoms with van der Waals surface area (Å²) in [7, 11) is 0. The van der Waals surface area contributed by atoms with Gasteiger partial charge in [-0.3, -0.25) is 4.79 Å². The van der Waals surface area contributed by atoms with Gasteiger partial charge in [0.05, 0.1) is 28.5 Å². The molecular weight excluding hydrogens is 288 g/mol. The number of hydrogen-bond donors (Lipinski definition) is 1. The zero-order valence-electron chi connectivity index (χ0n) is 13.7. The fourth-order valence-electron chi connectivity index (χ4n) is 3.36. The number of allylic oxidation sites excluding steroid dienone is 1. The van der Waals surface area contributed by atoms with E-state index in [1.54, 1.807) is 6.20 Å². The van der Waals surface area contributed by atoms with Gasteiger partial charge in [-0.05, 0) is 25.7 Å². The molecule has 0 spiro atoms. The van der Waals surface area contributed by atoms with Crippen molar-refractivity contribution in [1.82, 2.24) is 14.8 Å². The lowest BCUT2D eigenvalue weighted by Crippen LogP contribution is -2.25. The van der Waals surface area contributed by atoms with Crippen LogP contribution in [0.1, 0.15) is 55.1 Å². The second-order valence-electron chi connectivity index (χ2n) is 6.28. The molecular formula is C18H24N4O. The van der Waals surface area contributed by atoms with Crippen LogP contribution < -0.4 is 5.73 Å². The second-order valence-corrected chi connectivity index (χ2v) is 6.28. The highest BCUT2D eigenvalue weighted by Crippen LogP contribution is 2.34. The first-order chi connectivity index (χ1) is 11.2. The molecule has 1 aliphatic rings. The van der Waals surface area contributed by atoms with E-state index in [1.807, 2.05) is 10.8 Å². The van der Waals surface area contributed by atoms with E-state index in [0.29, 0.717) is 17.7 Å². The third-order valence-electron chi connectivity index (χ3n) is 4.67. The number of unbranched alkanes of at least 4 members (excludes halogenated alkanes) is 2. The monoisotopic (exact) mass is 312 g/mol. The van der Waals surface area contributed by atoms with Crippen LogP contribution in [-0.4, -0.2) is 20.5 Å². The molecule has 122 valence electrons. The Morgan fingerprint density at radius 3 is 3.04 bits per heavy atom. The molecule has 5 heteroatoms. The molecule has 0 fully saturated rings. The number of ketones is 1. The first-order valence-electron chi connectivity index (χ1n) is 8.46. The summed E-state index contributed by atoms with van der Waals surface area (Å²) in [6, 6.07) is 0. The van der Waals surface area contributed by atoms with E-state index in [2.05, 4.69) is 18.6 Å². The second kappa shape index (κ2) is 6.52. The normalized spacial score (nSPS) is 17.4. The summed E-state index contributed by atoms with van der Waals surface area (Å²) in [5.74, 6) is 0.0953. The molecule has 0 aromatic carbocycles. The number of nitrogens with two attached hydrogens (primary N) is 1. The fourth-order valence-corrected chi connectivity index (χ4v) is 3.36. The van der Waals surface area contributed by atoms with Crippen molar-refractivity contribution in [2.45, 2.75) is 52.0 Å². The number of carbonyl (C=O) groups is 1. The van der Waals surface area contributed by atoms with Crippen LogP contribution in [0.3, 0.4) is 0 Å². The van der Waals surface area contributed by atoms with Crippen molar-refractivity contribution < 1.29 is 4.79 Å². The molecule has 0 saturated heterocycles. The van der Waals surface area contributed by atoms with Crippen LogP contribution in [0.25, 0.3) is 11.0 Å². The van der Waals surface area contributed by atoms with Crippen molar-refractivity contribution in [3.8, 4) is 0 Å². The number of hydrogen-bond acceptors (Lipinski definition) is 4. The maximum Gasteiger partial charge on any atom is 0.170 e. The number of pyridine rings is 1. The van der Waals surface area contributed by atoms with Crippen LogP contribution >= 0.6 is 0 Å². The van der Waals surface area contributed by atoms with Gasteiger partial charge in [-0.1, -0.05) is 25.8 Å². The Balaban J connectivity index is 2.01. The molecule has 1 unspecified atom stereocenters. The Hall–Kier alpha value is -2.17.